The van der Waals surface area contributed by atoms with Gasteiger partial charge in [0.05, 0.1) is 5.52 Å². The molecule has 0 aliphatic heterocycles. The van der Waals surface area contributed by atoms with Gasteiger partial charge in [0.2, 0.25) is 0 Å². The van der Waals surface area contributed by atoms with Crippen LogP contribution in [0.5, 0.6) is 5.75 Å². The van der Waals surface area contributed by atoms with Gasteiger partial charge in [0, 0.05) is 30.2 Å². The highest BCUT2D eigenvalue weighted by Gasteiger charge is 2.11. The lowest BCUT2D eigenvalue weighted by Crippen LogP contribution is -2.31. The maximum Gasteiger partial charge on any atom is 0.260 e. The number of carbonyl (C=O) groups is 1. The van der Waals surface area contributed by atoms with Crippen LogP contribution in [0, 0.1) is 0 Å². The lowest BCUT2D eigenvalue weighted by molar-refractivity contribution is -0.132. The van der Waals surface area contributed by atoms with E-state index >= 15 is 0 Å². The zero-order valence-corrected chi connectivity index (χ0v) is 14.0. The number of fused-ring (bicyclic) bond motifs is 1. The molecule has 0 N–H and O–H groups in total. The van der Waals surface area contributed by atoms with Gasteiger partial charge in [0.15, 0.2) is 6.61 Å². The van der Waals surface area contributed by atoms with Gasteiger partial charge >= 0.3 is 0 Å². The molecule has 0 saturated heterocycles. The number of likely N-dealkylation sites (N-methyl/N-ethyl adjacent to an activating group) is 1. The van der Waals surface area contributed by atoms with Crippen molar-refractivity contribution in [2.24, 2.45) is 0 Å². The van der Waals surface area contributed by atoms with Gasteiger partial charge in [-0.15, -0.1) is 0 Å². The Morgan fingerprint density at radius 3 is 2.71 bits per heavy atom. The van der Waals surface area contributed by atoms with Gasteiger partial charge in [-0.05, 0) is 42.0 Å². The topological polar surface area (TPSA) is 42.4 Å². The number of amides is 1. The summed E-state index contributed by atoms with van der Waals surface area (Å²) in [7, 11) is 1.75. The van der Waals surface area contributed by atoms with Crippen molar-refractivity contribution < 1.29 is 9.53 Å². The van der Waals surface area contributed by atoms with Crippen LogP contribution in [0.4, 0.5) is 0 Å². The lowest BCUT2D eigenvalue weighted by atomic mass is 10.1. The number of nitrogens with zero attached hydrogens (tertiary/aromatic N) is 2. The van der Waals surface area contributed by atoms with E-state index in [9.17, 15) is 4.79 Å². The molecule has 0 aliphatic carbocycles. The predicted molar refractivity (Wildman–Crippen MR) is 95.2 cm³/mol. The second-order valence-corrected chi connectivity index (χ2v) is 5.97. The van der Waals surface area contributed by atoms with Crippen LogP contribution in [0.15, 0.2) is 60.8 Å². The molecular weight excluding hydrogens is 324 g/mol. The van der Waals surface area contributed by atoms with Crippen LogP contribution in [0.25, 0.3) is 10.9 Å². The van der Waals surface area contributed by atoms with Crippen molar-refractivity contribution in [3.05, 3.63) is 71.4 Å². The van der Waals surface area contributed by atoms with E-state index < -0.39 is 0 Å². The van der Waals surface area contributed by atoms with Crippen LogP contribution >= 0.6 is 11.6 Å². The van der Waals surface area contributed by atoms with Crippen molar-refractivity contribution >= 4 is 28.4 Å². The number of rotatable bonds is 5. The van der Waals surface area contributed by atoms with Crippen molar-refractivity contribution in [1.29, 1.82) is 0 Å². The summed E-state index contributed by atoms with van der Waals surface area (Å²) in [5.41, 5.74) is 1.93. The molecule has 0 unspecified atom stereocenters. The SMILES string of the molecule is CN(Cc1cnc2ccccc2c1)C(=O)COc1ccc(Cl)cc1. The first-order valence-corrected chi connectivity index (χ1v) is 7.95. The molecule has 1 amide bonds. The van der Waals surface area contributed by atoms with Gasteiger partial charge in [0.25, 0.3) is 5.91 Å². The fraction of sp³-hybridized carbons (Fsp3) is 0.158. The van der Waals surface area contributed by atoms with E-state index in [1.807, 2.05) is 30.3 Å². The number of halogens is 1. The number of para-hydroxylation sites is 1. The third kappa shape index (κ3) is 4.03. The van der Waals surface area contributed by atoms with Crippen LogP contribution in [0.3, 0.4) is 0 Å². The molecule has 0 spiro atoms. The normalized spacial score (nSPS) is 10.6. The van der Waals surface area contributed by atoms with E-state index in [1.165, 1.54) is 0 Å². The molecule has 0 saturated carbocycles. The van der Waals surface area contributed by atoms with Gasteiger partial charge in [-0.25, -0.2) is 0 Å². The molecule has 2 aromatic carbocycles. The molecule has 1 heterocycles. The van der Waals surface area contributed by atoms with Crippen molar-refractivity contribution in [2.45, 2.75) is 6.54 Å². The van der Waals surface area contributed by atoms with Crippen molar-refractivity contribution in [3.8, 4) is 5.75 Å². The first kappa shape index (κ1) is 16.3. The Bertz CT molecular complexity index is 849. The second kappa shape index (κ2) is 7.32. The number of ether oxygens (including phenoxy) is 1. The van der Waals surface area contributed by atoms with E-state index in [-0.39, 0.29) is 12.5 Å². The fourth-order valence-electron chi connectivity index (χ4n) is 2.35. The zero-order chi connectivity index (χ0) is 16.9. The fourth-order valence-corrected chi connectivity index (χ4v) is 2.48. The minimum absolute atomic E-state index is 0.0147. The molecule has 122 valence electrons. The highest BCUT2D eigenvalue weighted by molar-refractivity contribution is 6.30. The number of pyridine rings is 1. The van der Waals surface area contributed by atoms with Crippen molar-refractivity contribution in [1.82, 2.24) is 9.88 Å². The zero-order valence-electron chi connectivity index (χ0n) is 13.3. The number of hydrogen-bond donors (Lipinski definition) is 0. The smallest absolute Gasteiger partial charge is 0.260 e. The van der Waals surface area contributed by atoms with E-state index in [2.05, 4.69) is 4.98 Å². The van der Waals surface area contributed by atoms with Crippen LogP contribution in [0.2, 0.25) is 5.02 Å². The standard InChI is InChI=1S/C19H17ClN2O2/c1-22(19(23)13-24-17-8-6-16(20)7-9-17)12-14-10-15-4-2-3-5-18(15)21-11-14/h2-11H,12-13H2,1H3. The van der Waals surface area contributed by atoms with Crippen LogP contribution in [-0.4, -0.2) is 29.4 Å². The van der Waals surface area contributed by atoms with Crippen molar-refractivity contribution in [2.75, 3.05) is 13.7 Å². The Labute approximate surface area is 145 Å². The number of carbonyl (C=O) groups excluding carboxylic acids is 1. The molecular formula is C19H17ClN2O2. The first-order valence-electron chi connectivity index (χ1n) is 7.58. The minimum Gasteiger partial charge on any atom is -0.484 e. The van der Waals surface area contributed by atoms with Crippen LogP contribution in [-0.2, 0) is 11.3 Å². The third-order valence-corrected chi connectivity index (χ3v) is 3.92. The summed E-state index contributed by atoms with van der Waals surface area (Å²) in [5.74, 6) is 0.520. The summed E-state index contributed by atoms with van der Waals surface area (Å²) in [5, 5.41) is 1.70. The van der Waals surface area contributed by atoms with Gasteiger partial charge in [-0.3, -0.25) is 9.78 Å². The summed E-state index contributed by atoms with van der Waals surface area (Å²) < 4.78 is 5.49. The maximum absolute atomic E-state index is 12.2. The first-order chi connectivity index (χ1) is 11.6. The molecule has 5 heteroatoms. The van der Waals surface area contributed by atoms with E-state index in [1.54, 1.807) is 42.4 Å². The van der Waals surface area contributed by atoms with E-state index in [0.717, 1.165) is 16.5 Å². The largest absolute Gasteiger partial charge is 0.484 e. The summed E-state index contributed by atoms with van der Waals surface area (Å²) >= 11 is 5.82. The number of hydrogen-bond acceptors (Lipinski definition) is 3. The average molecular weight is 341 g/mol. The van der Waals surface area contributed by atoms with E-state index in [4.69, 9.17) is 16.3 Å². The quantitative estimate of drug-likeness (QED) is 0.707. The minimum atomic E-state index is -0.0990. The predicted octanol–water partition coefficient (Wildman–Crippen LogP) is 3.93. The molecule has 3 aromatic rings. The van der Waals surface area contributed by atoms with Gasteiger partial charge < -0.3 is 9.64 Å². The average Bonchev–Trinajstić information content (AvgIpc) is 2.61. The number of benzene rings is 2. The molecule has 24 heavy (non-hydrogen) atoms. The molecule has 4 nitrogen and oxygen atoms in total. The van der Waals surface area contributed by atoms with Crippen molar-refractivity contribution in [3.63, 3.8) is 0 Å². The monoisotopic (exact) mass is 340 g/mol. The highest BCUT2D eigenvalue weighted by atomic mass is 35.5. The van der Waals surface area contributed by atoms with Gasteiger partial charge in [-0.1, -0.05) is 29.8 Å². The summed E-state index contributed by atoms with van der Waals surface area (Å²) in [6.45, 7) is 0.472. The highest BCUT2D eigenvalue weighted by Crippen LogP contribution is 2.16. The third-order valence-electron chi connectivity index (χ3n) is 3.67. The molecule has 1 aromatic heterocycles. The molecule has 3 rings (SSSR count). The Balaban J connectivity index is 1.59. The lowest BCUT2D eigenvalue weighted by Gasteiger charge is -2.17. The molecule has 0 aliphatic rings. The molecule has 0 bridgehead atoms. The summed E-state index contributed by atoms with van der Waals surface area (Å²) in [6, 6.07) is 16.9. The Kier molecular flexibility index (Phi) is 4.96. The maximum atomic E-state index is 12.2. The Morgan fingerprint density at radius 2 is 1.92 bits per heavy atom. The van der Waals surface area contributed by atoms with Crippen LogP contribution < -0.4 is 4.74 Å². The molecule has 0 atom stereocenters. The second-order valence-electron chi connectivity index (χ2n) is 5.53. The Hall–Kier alpha value is -2.59. The Morgan fingerprint density at radius 1 is 1.17 bits per heavy atom. The summed E-state index contributed by atoms with van der Waals surface area (Å²) in [6.07, 6.45) is 1.80. The van der Waals surface area contributed by atoms with Gasteiger partial charge in [-0.2, -0.15) is 0 Å². The summed E-state index contributed by atoms with van der Waals surface area (Å²) in [4.78, 5) is 18.2. The molecule has 0 radical (unpaired) electrons. The van der Waals surface area contributed by atoms with E-state index in [0.29, 0.717) is 17.3 Å². The number of aromatic nitrogens is 1. The molecule has 0 fully saturated rings. The van der Waals surface area contributed by atoms with Crippen LogP contribution in [0.1, 0.15) is 5.56 Å². The van der Waals surface area contributed by atoms with Gasteiger partial charge in [0.1, 0.15) is 5.75 Å².